The Kier molecular flexibility index (Phi) is 5.27. The Morgan fingerprint density at radius 1 is 1.15 bits per heavy atom. The summed E-state index contributed by atoms with van der Waals surface area (Å²) in [5, 5.41) is 9.12. The van der Waals surface area contributed by atoms with Gasteiger partial charge in [-0.1, -0.05) is 35.9 Å². The number of nitrogens with one attached hydrogen (secondary N) is 2. The number of aromatic nitrogens is 3. The number of allylic oxidation sites excluding steroid dienone is 1. The zero-order valence-corrected chi connectivity index (χ0v) is 14.3. The molecule has 1 aromatic heterocycles. The highest BCUT2D eigenvalue weighted by atomic mass is 35.5. The van der Waals surface area contributed by atoms with E-state index in [1.807, 2.05) is 0 Å². The summed E-state index contributed by atoms with van der Waals surface area (Å²) >= 11 is 5.71. The molecule has 0 aliphatic heterocycles. The Labute approximate surface area is 156 Å². The first kappa shape index (κ1) is 18.7. The van der Waals surface area contributed by atoms with Crippen molar-refractivity contribution in [2.24, 2.45) is 0 Å². The standard InChI is InChI=1S/C18H12ClF3N4O/c19-13-6-4-11(5-7-13)15(18(20,21)22)9-16(27)25-14-3-1-2-12(8-14)17-23-10-24-26-17/h1-10H,(H,25,27)(H,23,24,26)/b15-9-. The molecule has 0 unspecified atom stereocenters. The van der Waals surface area contributed by atoms with E-state index < -0.39 is 17.7 Å². The molecule has 1 amide bonds. The fourth-order valence-corrected chi connectivity index (χ4v) is 2.48. The van der Waals surface area contributed by atoms with Gasteiger partial charge in [-0.15, -0.1) is 0 Å². The lowest BCUT2D eigenvalue weighted by molar-refractivity contribution is -0.112. The number of rotatable bonds is 4. The smallest absolute Gasteiger partial charge is 0.322 e. The number of halogens is 4. The van der Waals surface area contributed by atoms with Gasteiger partial charge in [-0.25, -0.2) is 4.98 Å². The Bertz CT molecular complexity index is 967. The number of carbonyl (C=O) groups excluding carboxylic acids is 1. The molecule has 5 nitrogen and oxygen atoms in total. The zero-order chi connectivity index (χ0) is 19.4. The van der Waals surface area contributed by atoms with E-state index in [-0.39, 0.29) is 5.56 Å². The normalized spacial score (nSPS) is 12.1. The molecule has 138 valence electrons. The van der Waals surface area contributed by atoms with Crippen molar-refractivity contribution in [2.75, 3.05) is 5.32 Å². The SMILES string of the molecule is O=C(/C=C(/c1ccc(Cl)cc1)C(F)(F)F)Nc1cccc(-c2ncn[nH]2)c1. The van der Waals surface area contributed by atoms with Crippen LogP contribution >= 0.6 is 11.6 Å². The van der Waals surface area contributed by atoms with Crippen LogP contribution in [-0.2, 0) is 4.79 Å². The van der Waals surface area contributed by atoms with Crippen LogP contribution in [0.3, 0.4) is 0 Å². The molecule has 3 rings (SSSR count). The zero-order valence-electron chi connectivity index (χ0n) is 13.6. The molecule has 0 aliphatic carbocycles. The average Bonchev–Trinajstić information content (AvgIpc) is 3.15. The Morgan fingerprint density at radius 3 is 2.52 bits per heavy atom. The van der Waals surface area contributed by atoms with Crippen molar-refractivity contribution in [3.63, 3.8) is 0 Å². The Hall–Kier alpha value is -3.13. The van der Waals surface area contributed by atoms with Gasteiger partial charge in [-0.05, 0) is 29.8 Å². The van der Waals surface area contributed by atoms with E-state index >= 15 is 0 Å². The molecule has 27 heavy (non-hydrogen) atoms. The number of aromatic amines is 1. The predicted octanol–water partition coefficient (Wildman–Crippen LogP) is 4.71. The molecule has 2 N–H and O–H groups in total. The Morgan fingerprint density at radius 2 is 1.89 bits per heavy atom. The summed E-state index contributed by atoms with van der Waals surface area (Å²) < 4.78 is 40.1. The van der Waals surface area contributed by atoms with Gasteiger partial charge in [0.1, 0.15) is 6.33 Å². The second-order valence-electron chi connectivity index (χ2n) is 5.47. The first-order valence-corrected chi connectivity index (χ1v) is 8.02. The minimum absolute atomic E-state index is 0.155. The third kappa shape index (κ3) is 4.73. The van der Waals surface area contributed by atoms with Crippen molar-refractivity contribution >= 4 is 28.8 Å². The number of amides is 1. The molecule has 0 radical (unpaired) electrons. The number of H-pyrrole nitrogens is 1. The molecule has 0 spiro atoms. The lowest BCUT2D eigenvalue weighted by Gasteiger charge is -2.12. The van der Waals surface area contributed by atoms with Gasteiger partial charge in [0.15, 0.2) is 5.82 Å². The highest BCUT2D eigenvalue weighted by Gasteiger charge is 2.35. The summed E-state index contributed by atoms with van der Waals surface area (Å²) in [7, 11) is 0. The number of hydrogen-bond acceptors (Lipinski definition) is 3. The van der Waals surface area contributed by atoms with Crippen LogP contribution in [0.2, 0.25) is 5.02 Å². The fraction of sp³-hybridized carbons (Fsp3) is 0.0556. The molecule has 0 atom stereocenters. The van der Waals surface area contributed by atoms with Crippen LogP contribution < -0.4 is 5.32 Å². The quantitative estimate of drug-likeness (QED) is 0.632. The molecule has 0 saturated carbocycles. The average molecular weight is 393 g/mol. The fourth-order valence-electron chi connectivity index (χ4n) is 2.36. The van der Waals surface area contributed by atoms with E-state index in [1.54, 1.807) is 24.3 Å². The van der Waals surface area contributed by atoms with Gasteiger partial charge in [-0.3, -0.25) is 9.89 Å². The second kappa shape index (κ2) is 7.63. The molecular formula is C18H12ClF3N4O. The van der Waals surface area contributed by atoms with Gasteiger partial charge in [0.2, 0.25) is 5.91 Å². The lowest BCUT2D eigenvalue weighted by Crippen LogP contribution is -2.16. The third-order valence-electron chi connectivity index (χ3n) is 3.55. The van der Waals surface area contributed by atoms with Gasteiger partial charge in [0.25, 0.3) is 0 Å². The van der Waals surface area contributed by atoms with Crippen LogP contribution in [0.4, 0.5) is 18.9 Å². The minimum Gasteiger partial charge on any atom is -0.322 e. The minimum atomic E-state index is -4.70. The molecule has 0 bridgehead atoms. The van der Waals surface area contributed by atoms with Gasteiger partial charge in [-0.2, -0.15) is 18.3 Å². The summed E-state index contributed by atoms with van der Waals surface area (Å²) in [6.45, 7) is 0. The van der Waals surface area contributed by atoms with Crippen molar-refractivity contribution in [3.05, 3.63) is 71.5 Å². The maximum Gasteiger partial charge on any atom is 0.417 e. The third-order valence-corrected chi connectivity index (χ3v) is 3.81. The molecule has 2 aromatic carbocycles. The number of nitrogens with zero attached hydrogens (tertiary/aromatic N) is 2. The molecule has 9 heteroatoms. The van der Waals surface area contributed by atoms with Crippen molar-refractivity contribution in [2.45, 2.75) is 6.18 Å². The van der Waals surface area contributed by atoms with Crippen LogP contribution in [-0.4, -0.2) is 27.3 Å². The van der Waals surface area contributed by atoms with Crippen LogP contribution in [0, 0.1) is 0 Å². The van der Waals surface area contributed by atoms with E-state index in [9.17, 15) is 18.0 Å². The number of hydrogen-bond donors (Lipinski definition) is 2. The highest BCUT2D eigenvalue weighted by molar-refractivity contribution is 6.30. The number of alkyl halides is 3. The lowest BCUT2D eigenvalue weighted by atomic mass is 10.0. The maximum atomic E-state index is 13.4. The van der Waals surface area contributed by atoms with Crippen molar-refractivity contribution in [3.8, 4) is 11.4 Å². The van der Waals surface area contributed by atoms with E-state index in [1.165, 1.54) is 30.6 Å². The van der Waals surface area contributed by atoms with Crippen LogP contribution in [0.25, 0.3) is 17.0 Å². The number of anilines is 1. The summed E-state index contributed by atoms with van der Waals surface area (Å²) in [5.41, 5.74) is -0.272. The molecule has 1 heterocycles. The van der Waals surface area contributed by atoms with Crippen molar-refractivity contribution in [1.29, 1.82) is 0 Å². The molecule has 0 aliphatic rings. The summed E-state index contributed by atoms with van der Waals surface area (Å²) in [6.07, 6.45) is -2.86. The Balaban J connectivity index is 1.85. The monoisotopic (exact) mass is 392 g/mol. The summed E-state index contributed by atoms with van der Waals surface area (Å²) in [5.74, 6) is -0.439. The molecule has 0 saturated heterocycles. The van der Waals surface area contributed by atoms with Gasteiger partial charge in [0.05, 0.1) is 5.57 Å². The van der Waals surface area contributed by atoms with Crippen molar-refractivity contribution < 1.29 is 18.0 Å². The molecule has 3 aromatic rings. The van der Waals surface area contributed by atoms with E-state index in [0.717, 1.165) is 0 Å². The van der Waals surface area contributed by atoms with Crippen LogP contribution in [0.15, 0.2) is 60.9 Å². The number of benzene rings is 2. The first-order valence-electron chi connectivity index (χ1n) is 7.64. The highest BCUT2D eigenvalue weighted by Crippen LogP contribution is 2.34. The van der Waals surface area contributed by atoms with E-state index in [0.29, 0.717) is 28.2 Å². The van der Waals surface area contributed by atoms with E-state index in [2.05, 4.69) is 20.5 Å². The number of carbonyl (C=O) groups is 1. The first-order chi connectivity index (χ1) is 12.8. The molecule has 0 fully saturated rings. The van der Waals surface area contributed by atoms with E-state index in [4.69, 9.17) is 11.6 Å². The topological polar surface area (TPSA) is 70.7 Å². The van der Waals surface area contributed by atoms with Crippen molar-refractivity contribution in [1.82, 2.24) is 15.2 Å². The van der Waals surface area contributed by atoms with Gasteiger partial charge in [0, 0.05) is 22.3 Å². The summed E-state index contributed by atoms with van der Waals surface area (Å²) in [4.78, 5) is 16.1. The largest absolute Gasteiger partial charge is 0.417 e. The van der Waals surface area contributed by atoms with Crippen LogP contribution in [0.1, 0.15) is 5.56 Å². The predicted molar refractivity (Wildman–Crippen MR) is 95.9 cm³/mol. The molecular weight excluding hydrogens is 381 g/mol. The van der Waals surface area contributed by atoms with Gasteiger partial charge >= 0.3 is 6.18 Å². The van der Waals surface area contributed by atoms with Gasteiger partial charge < -0.3 is 5.32 Å². The summed E-state index contributed by atoms with van der Waals surface area (Å²) in [6, 6.07) is 11.6. The second-order valence-corrected chi connectivity index (χ2v) is 5.90. The van der Waals surface area contributed by atoms with Crippen LogP contribution in [0.5, 0.6) is 0 Å². The maximum absolute atomic E-state index is 13.4.